The molecule has 0 radical (unpaired) electrons. The molecule has 37 heavy (non-hydrogen) atoms. The predicted octanol–water partition coefficient (Wildman–Crippen LogP) is 4.42. The molecule has 0 saturated heterocycles. The van der Waals surface area contributed by atoms with E-state index in [-0.39, 0.29) is 0 Å². The molecule has 1 aromatic heterocycles. The predicted molar refractivity (Wildman–Crippen MR) is 146 cm³/mol. The minimum Gasteiger partial charge on any atom is -0.339 e. The Morgan fingerprint density at radius 1 is 1.11 bits per heavy atom. The first-order chi connectivity index (χ1) is 17.9. The van der Waals surface area contributed by atoms with E-state index < -0.39 is 11.6 Å². The number of anilines is 1. The first kappa shape index (κ1) is 26.1. The maximum Gasteiger partial charge on any atom is 0.204 e. The number of rotatable bonds is 12. The highest BCUT2D eigenvalue weighted by Gasteiger charge is 2.58. The third kappa shape index (κ3) is 5.66. The van der Waals surface area contributed by atoms with Crippen molar-refractivity contribution in [2.45, 2.75) is 50.1 Å². The zero-order chi connectivity index (χ0) is 26.0. The van der Waals surface area contributed by atoms with E-state index in [1.165, 1.54) is 29.7 Å². The Morgan fingerprint density at radius 3 is 2.73 bits per heavy atom. The van der Waals surface area contributed by atoms with Gasteiger partial charge in [-0.2, -0.15) is 0 Å². The van der Waals surface area contributed by atoms with Crippen molar-refractivity contribution in [2.75, 3.05) is 52.2 Å². The highest BCUT2D eigenvalue weighted by Crippen LogP contribution is 2.63. The van der Waals surface area contributed by atoms with Crippen LogP contribution in [-0.4, -0.2) is 68.2 Å². The summed E-state index contributed by atoms with van der Waals surface area (Å²) in [6, 6.07) is 11.9. The lowest BCUT2D eigenvalue weighted by atomic mass is 9.80. The number of nitrogens with zero attached hydrogens (tertiary/aromatic N) is 3. The van der Waals surface area contributed by atoms with Gasteiger partial charge in [0, 0.05) is 44.4 Å². The standard InChI is InChI=1S/C29H40F2N6/c1-32-11-12-33-10-5-13-37(28-34-26-16-24(30)25(31)17-27(26)35-28)23-8-9-29(18-22(29)15-23)21-7-4-6-20(14-21)19-36(2)3/h4,6-7,14,16-17,22-23,32-33H,5,8-13,15,18-19H2,1-3H3,(H,34,35)/t22?,23-,29?/m1/s1. The molecule has 2 aliphatic carbocycles. The average molecular weight is 511 g/mol. The highest BCUT2D eigenvalue weighted by molar-refractivity contribution is 5.77. The van der Waals surface area contributed by atoms with Crippen molar-refractivity contribution in [3.8, 4) is 0 Å². The van der Waals surface area contributed by atoms with Crippen LogP contribution in [0.15, 0.2) is 36.4 Å². The van der Waals surface area contributed by atoms with Crippen LogP contribution < -0.4 is 15.5 Å². The van der Waals surface area contributed by atoms with Crippen molar-refractivity contribution in [1.82, 2.24) is 25.5 Å². The van der Waals surface area contributed by atoms with Gasteiger partial charge >= 0.3 is 0 Å². The number of nitrogens with one attached hydrogen (secondary N) is 3. The Balaban J connectivity index is 1.32. The Kier molecular flexibility index (Phi) is 7.79. The molecule has 2 fully saturated rings. The molecule has 0 spiro atoms. The second kappa shape index (κ2) is 11.1. The van der Waals surface area contributed by atoms with E-state index in [0.29, 0.717) is 28.4 Å². The summed E-state index contributed by atoms with van der Waals surface area (Å²) < 4.78 is 27.7. The Morgan fingerprint density at radius 2 is 1.95 bits per heavy atom. The fourth-order valence-electron chi connectivity index (χ4n) is 6.29. The number of aromatic amines is 1. The molecule has 2 saturated carbocycles. The molecule has 6 nitrogen and oxygen atoms in total. The van der Waals surface area contributed by atoms with E-state index in [4.69, 9.17) is 4.98 Å². The van der Waals surface area contributed by atoms with Crippen LogP contribution in [0.5, 0.6) is 0 Å². The van der Waals surface area contributed by atoms with Gasteiger partial charge in [-0.3, -0.25) is 0 Å². The molecule has 1 heterocycles. The van der Waals surface area contributed by atoms with Crippen LogP contribution >= 0.6 is 0 Å². The number of hydrogen-bond donors (Lipinski definition) is 3. The third-order valence-electron chi connectivity index (χ3n) is 8.24. The van der Waals surface area contributed by atoms with Gasteiger partial charge in [0.25, 0.3) is 0 Å². The zero-order valence-corrected chi connectivity index (χ0v) is 22.3. The number of hydrogen-bond acceptors (Lipinski definition) is 5. The van der Waals surface area contributed by atoms with Crippen LogP contribution in [-0.2, 0) is 12.0 Å². The van der Waals surface area contributed by atoms with Crippen molar-refractivity contribution in [1.29, 1.82) is 0 Å². The minimum atomic E-state index is -0.859. The van der Waals surface area contributed by atoms with Crippen molar-refractivity contribution in [3.05, 3.63) is 59.2 Å². The van der Waals surface area contributed by atoms with Gasteiger partial charge in [-0.05, 0) is 82.3 Å². The van der Waals surface area contributed by atoms with Crippen molar-refractivity contribution in [2.24, 2.45) is 5.92 Å². The number of likely N-dealkylation sites (N-methyl/N-ethyl adjacent to an activating group) is 1. The molecule has 2 aliphatic rings. The Bertz CT molecular complexity index is 1170. The van der Waals surface area contributed by atoms with Gasteiger partial charge in [-0.1, -0.05) is 24.3 Å². The summed E-state index contributed by atoms with van der Waals surface area (Å²) in [5, 5.41) is 6.63. The average Bonchev–Trinajstić information content (AvgIpc) is 3.49. The third-order valence-corrected chi connectivity index (χ3v) is 8.24. The van der Waals surface area contributed by atoms with E-state index in [2.05, 4.69) is 63.8 Å². The van der Waals surface area contributed by atoms with E-state index >= 15 is 0 Å². The van der Waals surface area contributed by atoms with Gasteiger partial charge in [-0.25, -0.2) is 13.8 Å². The fourth-order valence-corrected chi connectivity index (χ4v) is 6.29. The van der Waals surface area contributed by atoms with Gasteiger partial charge in [0.1, 0.15) is 0 Å². The van der Waals surface area contributed by atoms with Gasteiger partial charge in [0.15, 0.2) is 11.6 Å². The number of halogens is 2. The molecular weight excluding hydrogens is 470 g/mol. The molecule has 8 heteroatoms. The molecule has 0 aliphatic heterocycles. The van der Waals surface area contributed by atoms with Crippen LogP contribution in [0.25, 0.3) is 11.0 Å². The van der Waals surface area contributed by atoms with Crippen LogP contribution in [0.4, 0.5) is 14.7 Å². The minimum absolute atomic E-state index is 0.305. The normalized spacial score (nSPS) is 23.0. The van der Waals surface area contributed by atoms with Crippen LogP contribution in [0.2, 0.25) is 0 Å². The fraction of sp³-hybridized carbons (Fsp3) is 0.552. The summed E-state index contributed by atoms with van der Waals surface area (Å²) in [5.41, 5.74) is 4.18. The number of benzene rings is 2. The molecule has 3 aromatic rings. The largest absolute Gasteiger partial charge is 0.339 e. The summed E-state index contributed by atoms with van der Waals surface area (Å²) in [7, 11) is 6.18. The molecular formula is C29H40F2N6. The summed E-state index contributed by atoms with van der Waals surface area (Å²) in [5.74, 6) is -0.319. The smallest absolute Gasteiger partial charge is 0.204 e. The summed E-state index contributed by atoms with van der Waals surface area (Å²) in [6.45, 7) is 4.59. The summed E-state index contributed by atoms with van der Waals surface area (Å²) >= 11 is 0. The second-order valence-corrected chi connectivity index (χ2v) is 11.2. The molecule has 200 valence electrons. The van der Waals surface area contributed by atoms with Crippen LogP contribution in [0.3, 0.4) is 0 Å². The Hall–Kier alpha value is -2.55. The maximum absolute atomic E-state index is 13.9. The zero-order valence-electron chi connectivity index (χ0n) is 22.3. The molecule has 3 atom stereocenters. The SMILES string of the molecule is CNCCNCCCN(c1nc2cc(F)c(F)cc2[nH]1)[C@@H]1CCC2(c3cccc(CN(C)C)c3)CC2C1. The molecule has 0 amide bonds. The van der Waals surface area contributed by atoms with Crippen molar-refractivity contribution < 1.29 is 8.78 Å². The molecule has 0 bridgehead atoms. The molecule has 2 unspecified atom stereocenters. The van der Waals surface area contributed by atoms with E-state index in [1.54, 1.807) is 0 Å². The lowest BCUT2D eigenvalue weighted by molar-refractivity contribution is 0.360. The van der Waals surface area contributed by atoms with Crippen LogP contribution in [0, 0.1) is 17.6 Å². The van der Waals surface area contributed by atoms with E-state index in [9.17, 15) is 8.78 Å². The maximum atomic E-state index is 13.9. The number of H-pyrrole nitrogens is 1. The Labute approximate surface area is 218 Å². The van der Waals surface area contributed by atoms with Crippen molar-refractivity contribution >= 4 is 17.0 Å². The van der Waals surface area contributed by atoms with E-state index in [0.717, 1.165) is 64.4 Å². The summed E-state index contributed by atoms with van der Waals surface area (Å²) in [4.78, 5) is 12.6. The quantitative estimate of drug-likeness (QED) is 0.315. The first-order valence-electron chi connectivity index (χ1n) is 13.6. The van der Waals surface area contributed by atoms with E-state index in [1.807, 2.05) is 7.05 Å². The number of aromatic nitrogens is 2. The van der Waals surface area contributed by atoms with Crippen LogP contribution in [0.1, 0.15) is 43.2 Å². The van der Waals surface area contributed by atoms with Crippen molar-refractivity contribution in [3.63, 3.8) is 0 Å². The monoisotopic (exact) mass is 510 g/mol. The van der Waals surface area contributed by atoms with Gasteiger partial charge in [-0.15, -0.1) is 0 Å². The molecule has 5 rings (SSSR count). The van der Waals surface area contributed by atoms with Gasteiger partial charge in [0.2, 0.25) is 5.95 Å². The summed E-state index contributed by atoms with van der Waals surface area (Å²) in [6.07, 6.45) is 5.58. The molecule has 2 aromatic carbocycles. The number of fused-ring (bicyclic) bond motifs is 2. The number of imidazole rings is 1. The lowest BCUT2D eigenvalue weighted by Crippen LogP contribution is -2.41. The second-order valence-electron chi connectivity index (χ2n) is 11.2. The van der Waals surface area contributed by atoms with Gasteiger partial charge in [0.05, 0.1) is 11.0 Å². The highest BCUT2D eigenvalue weighted by atomic mass is 19.2. The first-order valence-corrected chi connectivity index (χ1v) is 13.6. The molecule has 3 N–H and O–H groups in total. The lowest BCUT2D eigenvalue weighted by Gasteiger charge is -2.37. The van der Waals surface area contributed by atoms with Gasteiger partial charge < -0.3 is 25.4 Å². The topological polar surface area (TPSA) is 59.2 Å².